The van der Waals surface area contributed by atoms with Gasteiger partial charge in [0.25, 0.3) is 5.91 Å². The summed E-state index contributed by atoms with van der Waals surface area (Å²) in [5.74, 6) is -0.0115. The second-order valence-corrected chi connectivity index (χ2v) is 8.34. The first kappa shape index (κ1) is 17.8. The number of nitrogens with two attached hydrogens (primary N) is 1. The molecule has 0 aliphatic carbocycles. The second-order valence-electron chi connectivity index (χ2n) is 6.40. The van der Waals surface area contributed by atoms with E-state index in [1.165, 1.54) is 16.4 Å². The van der Waals surface area contributed by atoms with Gasteiger partial charge in [0, 0.05) is 37.0 Å². The summed E-state index contributed by atoms with van der Waals surface area (Å²) in [5, 5.41) is 0. The van der Waals surface area contributed by atoms with Gasteiger partial charge in [-0.05, 0) is 24.3 Å². The molecule has 2 N–H and O–H groups in total. The van der Waals surface area contributed by atoms with E-state index in [4.69, 9.17) is 10.5 Å². The number of nitrogens with zero attached hydrogens (tertiary/aromatic N) is 4. The van der Waals surface area contributed by atoms with Crippen molar-refractivity contribution in [2.75, 3.05) is 32.0 Å². The fourth-order valence-electron chi connectivity index (χ4n) is 3.20. The van der Waals surface area contributed by atoms with E-state index in [0.717, 1.165) is 11.3 Å². The Morgan fingerprint density at radius 2 is 1.81 bits per heavy atom. The van der Waals surface area contributed by atoms with Crippen molar-refractivity contribution in [3.8, 4) is 0 Å². The lowest BCUT2D eigenvalue weighted by molar-refractivity contribution is 0.0730. The second kappa shape index (κ2) is 6.87. The molecule has 1 aromatic carbocycles. The smallest absolute Gasteiger partial charge is 0.254 e. The zero-order valence-electron chi connectivity index (χ0n) is 14.5. The molecule has 2 aliphatic rings. The molecule has 2 aliphatic heterocycles. The molecule has 10 heteroatoms. The van der Waals surface area contributed by atoms with Crippen molar-refractivity contribution in [3.05, 3.63) is 47.3 Å². The topological polar surface area (TPSA) is 119 Å². The fraction of sp³-hybridized carbons (Fsp3) is 0.353. The summed E-state index contributed by atoms with van der Waals surface area (Å²) >= 11 is 0. The Morgan fingerprint density at radius 3 is 2.52 bits per heavy atom. The Labute approximate surface area is 156 Å². The van der Waals surface area contributed by atoms with Gasteiger partial charge in [-0.25, -0.2) is 18.4 Å². The van der Waals surface area contributed by atoms with E-state index in [1.807, 2.05) is 0 Å². The van der Waals surface area contributed by atoms with Gasteiger partial charge in [0.05, 0.1) is 30.3 Å². The van der Waals surface area contributed by atoms with Crippen molar-refractivity contribution in [2.24, 2.45) is 0 Å². The number of rotatable bonds is 3. The molecule has 0 bridgehead atoms. The standard InChI is InChI=1S/C17H19N5O4S/c18-17-19-9-13-10-21(11-15(13)20-17)16(23)12-1-3-14(4-2-12)27(24,25)22-5-7-26-8-6-22/h1-4,9H,5-8,10-11H2,(H2,18,19,20). The number of amides is 1. The highest BCUT2D eigenvalue weighted by Crippen LogP contribution is 2.24. The summed E-state index contributed by atoms with van der Waals surface area (Å²) in [6.45, 7) is 2.20. The van der Waals surface area contributed by atoms with E-state index in [0.29, 0.717) is 45.0 Å². The Bertz CT molecular complexity index is 971. The molecule has 3 heterocycles. The number of benzene rings is 1. The van der Waals surface area contributed by atoms with Gasteiger partial charge in [-0.3, -0.25) is 4.79 Å². The van der Waals surface area contributed by atoms with Crippen LogP contribution in [0.25, 0.3) is 0 Å². The van der Waals surface area contributed by atoms with Gasteiger partial charge >= 0.3 is 0 Å². The van der Waals surface area contributed by atoms with Crippen molar-refractivity contribution in [1.29, 1.82) is 0 Å². The molecule has 142 valence electrons. The summed E-state index contributed by atoms with van der Waals surface area (Å²) in [4.78, 5) is 22.6. The van der Waals surface area contributed by atoms with Gasteiger partial charge in [0.1, 0.15) is 0 Å². The van der Waals surface area contributed by atoms with E-state index in [2.05, 4.69) is 9.97 Å². The zero-order chi connectivity index (χ0) is 19.0. The molecule has 2 aromatic rings. The average Bonchev–Trinajstić information content (AvgIpc) is 3.11. The fourth-order valence-corrected chi connectivity index (χ4v) is 4.61. The first-order valence-corrected chi connectivity index (χ1v) is 9.96. The number of carbonyl (C=O) groups excluding carboxylic acids is 1. The van der Waals surface area contributed by atoms with Gasteiger partial charge in [0.15, 0.2) is 0 Å². The minimum absolute atomic E-state index is 0.171. The summed E-state index contributed by atoms with van der Waals surface area (Å²) < 4.78 is 31.9. The molecule has 0 spiro atoms. The highest BCUT2D eigenvalue weighted by atomic mass is 32.2. The van der Waals surface area contributed by atoms with Crippen molar-refractivity contribution < 1.29 is 17.9 Å². The third kappa shape index (κ3) is 3.38. The van der Waals surface area contributed by atoms with E-state index in [-0.39, 0.29) is 16.8 Å². The van der Waals surface area contributed by atoms with E-state index < -0.39 is 10.0 Å². The van der Waals surface area contributed by atoms with E-state index >= 15 is 0 Å². The van der Waals surface area contributed by atoms with Crippen LogP contribution in [0, 0.1) is 0 Å². The van der Waals surface area contributed by atoms with Crippen LogP contribution >= 0.6 is 0 Å². The van der Waals surface area contributed by atoms with Crippen LogP contribution in [-0.4, -0.2) is 59.8 Å². The number of carbonyl (C=O) groups is 1. The molecule has 0 radical (unpaired) electrons. The first-order valence-electron chi connectivity index (χ1n) is 8.52. The average molecular weight is 389 g/mol. The third-order valence-corrected chi connectivity index (χ3v) is 6.58. The Balaban J connectivity index is 1.50. The van der Waals surface area contributed by atoms with Crippen LogP contribution in [0.1, 0.15) is 21.6 Å². The molecule has 27 heavy (non-hydrogen) atoms. The van der Waals surface area contributed by atoms with Crippen molar-refractivity contribution in [2.45, 2.75) is 18.0 Å². The Hall–Kier alpha value is -2.56. The number of morpholine rings is 1. The number of ether oxygens (including phenoxy) is 1. The molecule has 1 saturated heterocycles. The first-order chi connectivity index (χ1) is 12.9. The molecule has 1 fully saturated rings. The van der Waals surface area contributed by atoms with Gasteiger partial charge in [-0.1, -0.05) is 0 Å². The van der Waals surface area contributed by atoms with Crippen LogP contribution in [-0.2, 0) is 27.8 Å². The number of sulfonamides is 1. The highest BCUT2D eigenvalue weighted by molar-refractivity contribution is 7.89. The van der Waals surface area contributed by atoms with Crippen molar-refractivity contribution in [1.82, 2.24) is 19.2 Å². The number of fused-ring (bicyclic) bond motifs is 1. The van der Waals surface area contributed by atoms with Crippen LogP contribution in [0.4, 0.5) is 5.95 Å². The Kier molecular flexibility index (Phi) is 4.54. The molecule has 0 unspecified atom stereocenters. The third-order valence-electron chi connectivity index (χ3n) is 4.67. The lowest BCUT2D eigenvalue weighted by Crippen LogP contribution is -2.40. The van der Waals surface area contributed by atoms with E-state index in [1.54, 1.807) is 23.2 Å². The SMILES string of the molecule is Nc1ncc2c(n1)CN(C(=O)c1ccc(S(=O)(=O)N3CCOCC3)cc1)C2. The summed E-state index contributed by atoms with van der Waals surface area (Å²) in [5.41, 5.74) is 7.61. The minimum atomic E-state index is -3.58. The molecule has 1 aromatic heterocycles. The number of aromatic nitrogens is 2. The molecule has 0 saturated carbocycles. The van der Waals surface area contributed by atoms with E-state index in [9.17, 15) is 13.2 Å². The maximum atomic E-state index is 12.7. The predicted molar refractivity (Wildman–Crippen MR) is 96.0 cm³/mol. The molecular formula is C17H19N5O4S. The van der Waals surface area contributed by atoms with Gasteiger partial charge in [-0.15, -0.1) is 0 Å². The number of hydrogen-bond donors (Lipinski definition) is 1. The maximum Gasteiger partial charge on any atom is 0.254 e. The molecular weight excluding hydrogens is 370 g/mol. The summed E-state index contributed by atoms with van der Waals surface area (Å²) in [6.07, 6.45) is 1.63. The minimum Gasteiger partial charge on any atom is -0.379 e. The largest absolute Gasteiger partial charge is 0.379 e. The van der Waals surface area contributed by atoms with Gasteiger partial charge in [0.2, 0.25) is 16.0 Å². The van der Waals surface area contributed by atoms with Crippen LogP contribution < -0.4 is 5.73 Å². The molecule has 4 rings (SSSR count). The summed E-state index contributed by atoms with van der Waals surface area (Å²) in [7, 11) is -3.58. The number of hydrogen-bond acceptors (Lipinski definition) is 7. The zero-order valence-corrected chi connectivity index (χ0v) is 15.4. The Morgan fingerprint density at radius 1 is 1.11 bits per heavy atom. The van der Waals surface area contributed by atoms with Gasteiger partial charge < -0.3 is 15.4 Å². The van der Waals surface area contributed by atoms with Crippen molar-refractivity contribution in [3.63, 3.8) is 0 Å². The lowest BCUT2D eigenvalue weighted by atomic mass is 10.2. The lowest BCUT2D eigenvalue weighted by Gasteiger charge is -2.26. The van der Waals surface area contributed by atoms with Crippen molar-refractivity contribution >= 4 is 21.9 Å². The normalized spacial score (nSPS) is 17.7. The number of nitrogen functional groups attached to an aromatic ring is 1. The molecule has 0 atom stereocenters. The van der Waals surface area contributed by atoms with Crippen LogP contribution in [0.15, 0.2) is 35.4 Å². The summed E-state index contributed by atoms with van der Waals surface area (Å²) in [6, 6.07) is 6.02. The van der Waals surface area contributed by atoms with Crippen LogP contribution in [0.3, 0.4) is 0 Å². The molecule has 9 nitrogen and oxygen atoms in total. The van der Waals surface area contributed by atoms with Gasteiger partial charge in [-0.2, -0.15) is 4.31 Å². The van der Waals surface area contributed by atoms with Crippen LogP contribution in [0.5, 0.6) is 0 Å². The number of anilines is 1. The molecule has 1 amide bonds. The highest BCUT2D eigenvalue weighted by Gasteiger charge is 2.28. The van der Waals surface area contributed by atoms with Crippen LogP contribution in [0.2, 0.25) is 0 Å². The quantitative estimate of drug-likeness (QED) is 0.798. The monoisotopic (exact) mass is 389 g/mol. The predicted octanol–water partition coefficient (Wildman–Crippen LogP) is 0.236. The maximum absolute atomic E-state index is 12.7.